The van der Waals surface area contributed by atoms with Gasteiger partial charge in [-0.3, -0.25) is 0 Å². The van der Waals surface area contributed by atoms with Crippen LogP contribution < -0.4 is 0 Å². The molecule has 0 bridgehead atoms. The van der Waals surface area contributed by atoms with Gasteiger partial charge in [0.05, 0.1) is 5.69 Å². The Morgan fingerprint density at radius 2 is 1.65 bits per heavy atom. The van der Waals surface area contributed by atoms with Crippen molar-refractivity contribution in [2.24, 2.45) is 0 Å². The molecule has 20 heavy (non-hydrogen) atoms. The smallest absolute Gasteiger partial charge is 0.200 e. The minimum Gasteiger partial charge on any atom is -0.350 e. The summed E-state index contributed by atoms with van der Waals surface area (Å²) in [5.41, 5.74) is 1.62. The summed E-state index contributed by atoms with van der Waals surface area (Å²) >= 11 is 0. The number of hydrogen-bond donors (Lipinski definition) is 0. The molecule has 2 aromatic rings. The topological polar surface area (TPSA) is 44.2 Å². The lowest BCUT2D eigenvalue weighted by Gasteiger charge is -2.24. The highest BCUT2D eigenvalue weighted by molar-refractivity contribution is 5.30. The van der Waals surface area contributed by atoms with Crippen LogP contribution in [0.4, 0.5) is 0 Å². The predicted molar refractivity (Wildman–Crippen MR) is 77.4 cm³/mol. The summed E-state index contributed by atoms with van der Waals surface area (Å²) in [6.07, 6.45) is 1.27. The fourth-order valence-electron chi connectivity index (χ4n) is 2.13. The van der Waals surface area contributed by atoms with Crippen molar-refractivity contribution in [3.05, 3.63) is 59.7 Å². The van der Waals surface area contributed by atoms with Crippen LogP contribution in [0.5, 0.6) is 0 Å². The van der Waals surface area contributed by atoms with Crippen LogP contribution in [0.3, 0.4) is 0 Å². The van der Waals surface area contributed by atoms with Gasteiger partial charge in [0.15, 0.2) is 0 Å². The molecule has 4 nitrogen and oxygen atoms in total. The lowest BCUT2D eigenvalue weighted by Crippen LogP contribution is -2.23. The van der Waals surface area contributed by atoms with Crippen molar-refractivity contribution in [2.45, 2.75) is 25.6 Å². The molecule has 4 heteroatoms. The molecular weight excluding hydrogens is 252 g/mol. The van der Waals surface area contributed by atoms with E-state index in [1.807, 2.05) is 24.3 Å². The van der Waals surface area contributed by atoms with E-state index in [4.69, 9.17) is 9.47 Å². The van der Waals surface area contributed by atoms with Crippen LogP contribution >= 0.6 is 0 Å². The van der Waals surface area contributed by atoms with E-state index >= 15 is 0 Å². The van der Waals surface area contributed by atoms with E-state index in [2.05, 4.69) is 35.9 Å². The monoisotopic (exact) mass is 272 g/mol. The van der Waals surface area contributed by atoms with Gasteiger partial charge in [-0.25, -0.2) is 9.97 Å². The second-order valence-corrected chi connectivity index (χ2v) is 5.10. The Morgan fingerprint density at radius 1 is 1.00 bits per heavy atom. The highest BCUT2D eigenvalue weighted by Gasteiger charge is 2.27. The fraction of sp³-hybridized carbons (Fsp3) is 0.375. The Labute approximate surface area is 119 Å². The van der Waals surface area contributed by atoms with Crippen molar-refractivity contribution in [3.63, 3.8) is 0 Å². The molecule has 106 valence electrons. The van der Waals surface area contributed by atoms with Crippen LogP contribution in [0.2, 0.25) is 0 Å². The third-order valence-electron chi connectivity index (χ3n) is 3.40. The van der Waals surface area contributed by atoms with Gasteiger partial charge in [-0.2, -0.15) is 0 Å². The Bertz CT molecular complexity index is 551. The summed E-state index contributed by atoms with van der Waals surface area (Å²) in [5.74, 6) is 0.750. The maximum atomic E-state index is 5.25. The van der Waals surface area contributed by atoms with Crippen LogP contribution in [0, 0.1) is 0 Å². The third-order valence-corrected chi connectivity index (χ3v) is 3.40. The molecule has 0 atom stereocenters. The second-order valence-electron chi connectivity index (χ2n) is 5.10. The summed E-state index contributed by atoms with van der Waals surface area (Å²) in [7, 11) is 3.19. The first-order valence-corrected chi connectivity index (χ1v) is 6.54. The lowest BCUT2D eigenvalue weighted by atomic mass is 9.84. The largest absolute Gasteiger partial charge is 0.350 e. The molecule has 0 amide bonds. The van der Waals surface area contributed by atoms with E-state index in [1.54, 1.807) is 20.4 Å². The number of nitrogens with zero attached hydrogens (tertiary/aromatic N) is 2. The molecule has 0 aliphatic carbocycles. The maximum absolute atomic E-state index is 5.25. The molecule has 0 N–H and O–H groups in total. The number of benzene rings is 1. The summed E-state index contributed by atoms with van der Waals surface area (Å²) in [4.78, 5) is 9.02. The molecule has 0 saturated carbocycles. The van der Waals surface area contributed by atoms with Crippen molar-refractivity contribution >= 4 is 0 Å². The van der Waals surface area contributed by atoms with Gasteiger partial charge in [0, 0.05) is 25.8 Å². The Hall–Kier alpha value is -1.78. The van der Waals surface area contributed by atoms with Crippen LogP contribution in [0.1, 0.15) is 37.2 Å². The summed E-state index contributed by atoms with van der Waals surface area (Å²) < 4.78 is 10.5. The van der Waals surface area contributed by atoms with E-state index in [9.17, 15) is 0 Å². The van der Waals surface area contributed by atoms with Gasteiger partial charge in [-0.1, -0.05) is 30.3 Å². The molecule has 0 spiro atoms. The molecule has 0 radical (unpaired) electrons. The van der Waals surface area contributed by atoms with Gasteiger partial charge in [0.25, 0.3) is 0 Å². The van der Waals surface area contributed by atoms with Crippen LogP contribution in [-0.4, -0.2) is 24.2 Å². The van der Waals surface area contributed by atoms with Crippen molar-refractivity contribution in [1.29, 1.82) is 0 Å². The van der Waals surface area contributed by atoms with E-state index in [0.717, 1.165) is 11.5 Å². The van der Waals surface area contributed by atoms with E-state index < -0.39 is 6.29 Å². The number of hydrogen-bond acceptors (Lipinski definition) is 4. The number of ether oxygens (including phenoxy) is 2. The molecule has 1 aromatic heterocycles. The molecule has 1 aromatic carbocycles. The Kier molecular flexibility index (Phi) is 4.47. The standard InChI is InChI=1S/C16H20N2O2/c1-16(2,12-8-6-5-7-9-12)15-17-11-10-13(18-15)14(19-3)20-4/h5-11,14H,1-4H3. The zero-order valence-electron chi connectivity index (χ0n) is 12.3. The molecule has 0 fully saturated rings. The molecule has 0 unspecified atom stereocenters. The molecule has 1 heterocycles. The zero-order chi connectivity index (χ0) is 14.6. The third kappa shape index (κ3) is 2.86. The number of rotatable bonds is 5. The zero-order valence-corrected chi connectivity index (χ0v) is 12.3. The van der Waals surface area contributed by atoms with Gasteiger partial charge in [-0.15, -0.1) is 0 Å². The van der Waals surface area contributed by atoms with Gasteiger partial charge in [0.1, 0.15) is 5.82 Å². The fourth-order valence-corrected chi connectivity index (χ4v) is 2.13. The SMILES string of the molecule is COC(OC)c1ccnc(C(C)(C)c2ccccc2)n1. The van der Waals surface area contributed by atoms with Crippen LogP contribution in [-0.2, 0) is 14.9 Å². The first kappa shape index (κ1) is 14.6. The highest BCUT2D eigenvalue weighted by atomic mass is 16.7. The first-order chi connectivity index (χ1) is 9.59. The Morgan fingerprint density at radius 3 is 2.25 bits per heavy atom. The first-order valence-electron chi connectivity index (χ1n) is 6.54. The van der Waals surface area contributed by atoms with Gasteiger partial charge >= 0.3 is 0 Å². The number of aromatic nitrogens is 2. The van der Waals surface area contributed by atoms with Gasteiger partial charge in [-0.05, 0) is 25.5 Å². The normalized spacial score (nSPS) is 11.8. The molecule has 2 rings (SSSR count). The van der Waals surface area contributed by atoms with Crippen molar-refractivity contribution in [1.82, 2.24) is 9.97 Å². The van der Waals surface area contributed by atoms with Crippen LogP contribution in [0.15, 0.2) is 42.6 Å². The quantitative estimate of drug-likeness (QED) is 0.785. The summed E-state index contributed by atoms with van der Waals surface area (Å²) in [6, 6.07) is 12.0. The Balaban J connectivity index is 2.40. The average molecular weight is 272 g/mol. The second kappa shape index (κ2) is 6.11. The molecular formula is C16H20N2O2. The molecule has 0 aliphatic heterocycles. The van der Waals surface area contributed by atoms with Gasteiger partial charge in [0.2, 0.25) is 6.29 Å². The molecule has 0 aliphatic rings. The van der Waals surface area contributed by atoms with E-state index in [1.165, 1.54) is 5.56 Å². The van der Waals surface area contributed by atoms with Crippen LogP contribution in [0.25, 0.3) is 0 Å². The van der Waals surface area contributed by atoms with E-state index in [0.29, 0.717) is 0 Å². The highest BCUT2D eigenvalue weighted by Crippen LogP contribution is 2.29. The molecule has 0 saturated heterocycles. The minimum absolute atomic E-state index is 0.275. The maximum Gasteiger partial charge on any atom is 0.200 e. The summed E-state index contributed by atoms with van der Waals surface area (Å²) in [6.45, 7) is 4.21. The summed E-state index contributed by atoms with van der Waals surface area (Å²) in [5, 5.41) is 0. The lowest BCUT2D eigenvalue weighted by molar-refractivity contribution is -0.108. The minimum atomic E-state index is -0.469. The van der Waals surface area contributed by atoms with E-state index in [-0.39, 0.29) is 5.41 Å². The van der Waals surface area contributed by atoms with Gasteiger partial charge < -0.3 is 9.47 Å². The number of methoxy groups -OCH3 is 2. The predicted octanol–water partition coefficient (Wildman–Crippen LogP) is 3.09. The van der Waals surface area contributed by atoms with Crippen molar-refractivity contribution in [3.8, 4) is 0 Å². The average Bonchev–Trinajstić information content (AvgIpc) is 2.50. The van der Waals surface area contributed by atoms with Crippen molar-refractivity contribution in [2.75, 3.05) is 14.2 Å². The van der Waals surface area contributed by atoms with Crippen molar-refractivity contribution < 1.29 is 9.47 Å².